The van der Waals surface area contributed by atoms with Gasteiger partial charge in [0, 0.05) is 26.1 Å². The minimum Gasteiger partial charge on any atom is -0.481 e. The van der Waals surface area contributed by atoms with Crippen molar-refractivity contribution in [3.8, 4) is 11.1 Å². The van der Waals surface area contributed by atoms with Crippen molar-refractivity contribution in [1.82, 2.24) is 15.1 Å². The Morgan fingerprint density at radius 2 is 1.57 bits per heavy atom. The summed E-state index contributed by atoms with van der Waals surface area (Å²) in [6, 6.07) is 13.9. The van der Waals surface area contributed by atoms with E-state index < -0.39 is 36.5 Å². The minimum absolute atomic E-state index is 0.103. The molecule has 0 aromatic heterocycles. The van der Waals surface area contributed by atoms with Gasteiger partial charge < -0.3 is 25.0 Å². The Kier molecular flexibility index (Phi) is 9.45. The molecule has 3 amide bonds. The monoisotopic (exact) mass is 549 g/mol. The van der Waals surface area contributed by atoms with Crippen LogP contribution >= 0.6 is 0 Å². The summed E-state index contributed by atoms with van der Waals surface area (Å²) in [5, 5.41) is 12.2. The number of likely N-dealkylation sites (N-methyl/N-ethyl adjacent to an activating group) is 1. The largest absolute Gasteiger partial charge is 0.481 e. The molecule has 9 nitrogen and oxygen atoms in total. The SMILES string of the molecule is CC[C@H](C)[C@H](NC(=O)OCC1c2ccccc2-c2ccccc21)C(=O)N(C)[C@@H](CC(=O)O)C(=O)N1CCCCC1. The van der Waals surface area contributed by atoms with Gasteiger partial charge in [0.25, 0.3) is 0 Å². The number of hydrogen-bond acceptors (Lipinski definition) is 5. The average Bonchev–Trinajstić information content (AvgIpc) is 3.30. The van der Waals surface area contributed by atoms with Crippen molar-refractivity contribution in [3.63, 3.8) is 0 Å². The Bertz CT molecular complexity index is 1200. The molecule has 0 radical (unpaired) electrons. The lowest BCUT2D eigenvalue weighted by atomic mass is 9.96. The lowest BCUT2D eigenvalue weighted by molar-refractivity contribution is -0.151. The van der Waals surface area contributed by atoms with Crippen LogP contribution < -0.4 is 5.32 Å². The van der Waals surface area contributed by atoms with E-state index >= 15 is 0 Å². The molecule has 0 unspecified atom stereocenters. The van der Waals surface area contributed by atoms with Gasteiger partial charge in [-0.2, -0.15) is 0 Å². The van der Waals surface area contributed by atoms with Crippen LogP contribution in [0.2, 0.25) is 0 Å². The molecule has 4 rings (SSSR count). The molecule has 1 heterocycles. The molecule has 1 aliphatic heterocycles. The molecule has 2 N–H and O–H groups in total. The maximum atomic E-state index is 13.7. The van der Waals surface area contributed by atoms with E-state index in [-0.39, 0.29) is 24.3 Å². The number of carbonyl (C=O) groups excluding carboxylic acids is 3. The quantitative estimate of drug-likeness (QED) is 0.458. The first-order valence-corrected chi connectivity index (χ1v) is 14.1. The van der Waals surface area contributed by atoms with Crippen molar-refractivity contribution in [2.45, 2.75) is 64.0 Å². The summed E-state index contributed by atoms with van der Waals surface area (Å²) in [4.78, 5) is 54.5. The number of rotatable bonds is 10. The summed E-state index contributed by atoms with van der Waals surface area (Å²) in [6.45, 7) is 4.93. The molecule has 9 heteroatoms. The number of alkyl carbamates (subject to hydrolysis) is 1. The molecule has 214 valence electrons. The number of carboxylic acid groups (broad SMARTS) is 1. The lowest BCUT2D eigenvalue weighted by Gasteiger charge is -2.36. The number of nitrogens with one attached hydrogen (secondary N) is 1. The average molecular weight is 550 g/mol. The third kappa shape index (κ3) is 6.29. The number of benzene rings is 2. The molecule has 0 saturated carbocycles. The highest BCUT2D eigenvalue weighted by molar-refractivity contribution is 5.93. The third-order valence-electron chi connectivity index (χ3n) is 8.23. The number of carbonyl (C=O) groups is 4. The molecule has 2 aliphatic rings. The van der Waals surface area contributed by atoms with E-state index in [2.05, 4.69) is 17.4 Å². The normalized spacial score (nSPS) is 16.7. The van der Waals surface area contributed by atoms with Crippen molar-refractivity contribution in [2.24, 2.45) is 5.92 Å². The van der Waals surface area contributed by atoms with E-state index in [1.807, 2.05) is 50.2 Å². The van der Waals surface area contributed by atoms with Crippen molar-refractivity contribution in [2.75, 3.05) is 26.7 Å². The Labute approximate surface area is 235 Å². The van der Waals surface area contributed by atoms with E-state index in [0.29, 0.717) is 19.5 Å². The van der Waals surface area contributed by atoms with Crippen LogP contribution in [-0.4, -0.2) is 77.6 Å². The molecule has 0 bridgehead atoms. The van der Waals surface area contributed by atoms with Crippen LogP contribution in [0.15, 0.2) is 48.5 Å². The third-order valence-corrected chi connectivity index (χ3v) is 8.23. The number of hydrogen-bond donors (Lipinski definition) is 2. The zero-order valence-electron chi connectivity index (χ0n) is 23.5. The molecule has 1 aliphatic carbocycles. The number of likely N-dealkylation sites (tertiary alicyclic amines) is 1. The first-order valence-electron chi connectivity index (χ1n) is 14.1. The Balaban J connectivity index is 1.46. The maximum Gasteiger partial charge on any atom is 0.407 e. The Morgan fingerprint density at radius 3 is 2.12 bits per heavy atom. The van der Waals surface area contributed by atoms with Gasteiger partial charge in [0.1, 0.15) is 18.7 Å². The topological polar surface area (TPSA) is 116 Å². The summed E-state index contributed by atoms with van der Waals surface area (Å²) in [5.41, 5.74) is 4.39. The van der Waals surface area contributed by atoms with Crippen molar-refractivity contribution >= 4 is 23.9 Å². The second-order valence-corrected chi connectivity index (χ2v) is 10.8. The van der Waals surface area contributed by atoms with Crippen LogP contribution in [0.4, 0.5) is 4.79 Å². The Hall–Kier alpha value is -3.88. The number of nitrogens with zero attached hydrogens (tertiary/aromatic N) is 2. The number of carboxylic acids is 1. The smallest absolute Gasteiger partial charge is 0.407 e. The van der Waals surface area contributed by atoms with E-state index in [0.717, 1.165) is 41.5 Å². The van der Waals surface area contributed by atoms with Crippen LogP contribution in [0, 0.1) is 5.92 Å². The second kappa shape index (κ2) is 13.0. The van der Waals surface area contributed by atoms with Gasteiger partial charge in [0.2, 0.25) is 11.8 Å². The zero-order valence-corrected chi connectivity index (χ0v) is 23.5. The fourth-order valence-electron chi connectivity index (χ4n) is 5.70. The molecule has 0 spiro atoms. The van der Waals surface area contributed by atoms with Crippen LogP contribution in [0.25, 0.3) is 11.1 Å². The molecule has 1 fully saturated rings. The first kappa shape index (κ1) is 29.1. The van der Waals surface area contributed by atoms with Crippen LogP contribution in [-0.2, 0) is 19.1 Å². The highest BCUT2D eigenvalue weighted by Crippen LogP contribution is 2.44. The summed E-state index contributed by atoms with van der Waals surface area (Å²) < 4.78 is 5.67. The number of aliphatic carboxylic acids is 1. The molecule has 40 heavy (non-hydrogen) atoms. The van der Waals surface area contributed by atoms with Gasteiger partial charge in [-0.05, 0) is 47.4 Å². The Morgan fingerprint density at radius 1 is 1.00 bits per heavy atom. The summed E-state index contributed by atoms with van der Waals surface area (Å²) >= 11 is 0. The highest BCUT2D eigenvalue weighted by Gasteiger charge is 2.38. The summed E-state index contributed by atoms with van der Waals surface area (Å²) in [5.74, 6) is -2.45. The summed E-state index contributed by atoms with van der Waals surface area (Å²) in [6.07, 6.45) is 2.06. The standard InChI is InChI=1S/C31H39N3O6/c1-4-20(2)28(30(38)33(3)26(18-27(35)36)29(37)34-16-10-5-11-17-34)32-31(39)40-19-25-23-14-8-6-12-21(23)22-13-7-9-15-24(22)25/h6-9,12-15,20,25-26,28H,4-5,10-11,16-19H2,1-3H3,(H,32,39)(H,35,36)/t20-,26-,28-/m0/s1. The fourth-order valence-corrected chi connectivity index (χ4v) is 5.70. The predicted molar refractivity (Wildman–Crippen MR) is 151 cm³/mol. The fraction of sp³-hybridized carbons (Fsp3) is 0.484. The van der Waals surface area contributed by atoms with Crippen LogP contribution in [0.5, 0.6) is 0 Å². The van der Waals surface area contributed by atoms with Gasteiger partial charge in [-0.25, -0.2) is 4.79 Å². The van der Waals surface area contributed by atoms with E-state index in [4.69, 9.17) is 4.74 Å². The first-order chi connectivity index (χ1) is 19.2. The second-order valence-electron chi connectivity index (χ2n) is 10.8. The van der Waals surface area contributed by atoms with Gasteiger partial charge in [0.15, 0.2) is 0 Å². The molecule has 2 aromatic rings. The summed E-state index contributed by atoms with van der Waals surface area (Å²) in [7, 11) is 1.44. The zero-order chi connectivity index (χ0) is 28.8. The number of amides is 3. The number of piperidine rings is 1. The van der Waals surface area contributed by atoms with Crippen molar-refractivity contribution in [3.05, 3.63) is 59.7 Å². The predicted octanol–water partition coefficient (Wildman–Crippen LogP) is 4.25. The van der Waals surface area contributed by atoms with Crippen molar-refractivity contribution < 1.29 is 29.0 Å². The molecular weight excluding hydrogens is 510 g/mol. The number of ether oxygens (including phenoxy) is 1. The van der Waals surface area contributed by atoms with Crippen LogP contribution in [0.3, 0.4) is 0 Å². The van der Waals surface area contributed by atoms with E-state index in [9.17, 15) is 24.3 Å². The van der Waals surface area contributed by atoms with E-state index in [1.54, 1.807) is 4.90 Å². The number of fused-ring (bicyclic) bond motifs is 3. The highest BCUT2D eigenvalue weighted by atomic mass is 16.5. The van der Waals surface area contributed by atoms with Gasteiger partial charge >= 0.3 is 12.1 Å². The van der Waals surface area contributed by atoms with Gasteiger partial charge in [-0.3, -0.25) is 14.4 Å². The lowest BCUT2D eigenvalue weighted by Crippen LogP contribution is -2.57. The van der Waals surface area contributed by atoms with Crippen LogP contribution in [0.1, 0.15) is 63.0 Å². The molecule has 1 saturated heterocycles. The molecule has 2 aromatic carbocycles. The molecular formula is C31H39N3O6. The van der Waals surface area contributed by atoms with Gasteiger partial charge in [-0.1, -0.05) is 68.8 Å². The van der Waals surface area contributed by atoms with Crippen molar-refractivity contribution in [1.29, 1.82) is 0 Å². The van der Waals surface area contributed by atoms with E-state index in [1.165, 1.54) is 11.9 Å². The maximum absolute atomic E-state index is 13.7. The molecule has 3 atom stereocenters. The van der Waals surface area contributed by atoms with Gasteiger partial charge in [-0.15, -0.1) is 0 Å². The van der Waals surface area contributed by atoms with Gasteiger partial charge in [0.05, 0.1) is 6.42 Å². The minimum atomic E-state index is -1.17.